The topological polar surface area (TPSA) is 98.7 Å². The van der Waals surface area contributed by atoms with Gasteiger partial charge in [-0.15, -0.1) is 0 Å². The molecule has 0 unspecified atom stereocenters. The van der Waals surface area contributed by atoms with Gasteiger partial charge in [0.1, 0.15) is 23.0 Å². The third-order valence-electron chi connectivity index (χ3n) is 14.7. The first-order valence-corrected chi connectivity index (χ1v) is 29.2. The maximum atomic E-state index is 6.31. The van der Waals surface area contributed by atoms with Crippen molar-refractivity contribution in [3.05, 3.63) is 144 Å². The van der Waals surface area contributed by atoms with Crippen molar-refractivity contribution in [2.24, 2.45) is 0 Å². The summed E-state index contributed by atoms with van der Waals surface area (Å²) in [6, 6.07) is 42.6. The highest BCUT2D eigenvalue weighted by Crippen LogP contribution is 2.40. The summed E-state index contributed by atoms with van der Waals surface area (Å²) in [7, 11) is 17.6. The fourth-order valence-corrected chi connectivity index (χ4v) is 10.4. The van der Waals surface area contributed by atoms with Crippen LogP contribution in [0, 0.1) is 0 Å². The molecule has 0 saturated heterocycles. The van der Waals surface area contributed by atoms with Crippen molar-refractivity contribution in [1.29, 1.82) is 0 Å². The van der Waals surface area contributed by atoms with Gasteiger partial charge >= 0.3 is 0 Å². The number of nitrogens with zero attached hydrogens (tertiary/aromatic N) is 4. The molecular formula is C69H86Cl3N7O4. The summed E-state index contributed by atoms with van der Waals surface area (Å²) in [5.74, 6) is 3.40. The van der Waals surface area contributed by atoms with Crippen LogP contribution in [0.3, 0.4) is 0 Å². The Morgan fingerprint density at radius 3 is 0.928 bits per heavy atom. The number of halogens is 3. The number of nitrogens with one attached hydrogen (secondary N) is 3. The molecule has 3 N–H and O–H groups in total. The molecule has 0 radical (unpaired) electrons. The van der Waals surface area contributed by atoms with Crippen LogP contribution in [0.1, 0.15) is 87.5 Å². The zero-order chi connectivity index (χ0) is 56.1. The van der Waals surface area contributed by atoms with Crippen molar-refractivity contribution in [3.63, 3.8) is 0 Å². The SMILES string of the molecule is CCCCCCCCOc1ccc(-c2c3nc(c(-c4ccc(OCCC[N+](C)(C)C)cc4)c4ccc([nH]4)c(-c4ccc(OCCC[N+](C)(C)C)cc4)c4nc(c(-c5ccc(OCCC[NH+](C)C)cc5)c5ccc2[nH]5)C=C4)C=C3)cc1.[Cl-].[Cl-].[Cl-]. The second kappa shape index (κ2) is 30.8. The van der Waals surface area contributed by atoms with Crippen molar-refractivity contribution in [3.8, 4) is 67.5 Å². The molecule has 0 saturated carbocycles. The van der Waals surface area contributed by atoms with Crippen molar-refractivity contribution >= 4 is 46.4 Å². The Kier molecular flexibility index (Phi) is 24.4. The van der Waals surface area contributed by atoms with Crippen molar-refractivity contribution < 1.29 is 70.0 Å². The van der Waals surface area contributed by atoms with Gasteiger partial charge in [-0.1, -0.05) is 87.6 Å². The lowest BCUT2D eigenvalue weighted by Gasteiger charge is -2.23. The molecule has 2 aliphatic heterocycles. The number of H-pyrrole nitrogens is 2. The van der Waals surface area contributed by atoms with E-state index in [0.717, 1.165) is 167 Å². The van der Waals surface area contributed by atoms with Gasteiger partial charge in [0, 0.05) is 63.6 Å². The molecule has 11 nitrogen and oxygen atoms in total. The molecule has 14 heteroatoms. The minimum Gasteiger partial charge on any atom is -1.00 e. The monoisotopic (exact) mass is 1180 g/mol. The van der Waals surface area contributed by atoms with Gasteiger partial charge in [0.25, 0.3) is 0 Å². The molecule has 3 aromatic heterocycles. The molecule has 9 rings (SSSR count). The number of quaternary nitrogens is 3. The van der Waals surface area contributed by atoms with Crippen molar-refractivity contribution in [2.75, 3.05) is 102 Å². The number of benzene rings is 4. The number of unbranched alkanes of at least 4 members (excludes halogenated alkanes) is 5. The summed E-state index contributed by atoms with van der Waals surface area (Å²) in [5.41, 5.74) is 15.1. The van der Waals surface area contributed by atoms with Crippen LogP contribution >= 0.6 is 0 Å². The van der Waals surface area contributed by atoms with E-state index in [4.69, 9.17) is 28.9 Å². The summed E-state index contributed by atoms with van der Waals surface area (Å²) >= 11 is 0. The summed E-state index contributed by atoms with van der Waals surface area (Å²) in [5, 5.41) is 0. The van der Waals surface area contributed by atoms with Gasteiger partial charge in [0.2, 0.25) is 0 Å². The number of rotatable bonds is 27. The number of aromatic amines is 2. The van der Waals surface area contributed by atoms with Gasteiger partial charge in [-0.25, -0.2) is 9.97 Å². The van der Waals surface area contributed by atoms with E-state index in [1.165, 1.54) is 37.0 Å². The number of hydrogen-bond donors (Lipinski definition) is 3. The van der Waals surface area contributed by atoms with Gasteiger partial charge in [0.05, 0.1) is 125 Å². The molecule has 0 atom stereocenters. The van der Waals surface area contributed by atoms with Crippen LogP contribution in [0.2, 0.25) is 0 Å². The Morgan fingerprint density at radius 1 is 0.361 bits per heavy atom. The normalized spacial score (nSPS) is 11.9. The maximum Gasteiger partial charge on any atom is 0.119 e. The first-order chi connectivity index (χ1) is 38.7. The third-order valence-corrected chi connectivity index (χ3v) is 14.7. The number of hydrogen-bond acceptors (Lipinski definition) is 6. The van der Waals surface area contributed by atoms with Crippen LogP contribution in [0.5, 0.6) is 23.0 Å². The highest BCUT2D eigenvalue weighted by molar-refractivity contribution is 6.00. The average Bonchev–Trinajstić information content (AvgIpc) is 4.45. The molecule has 8 bridgehead atoms. The van der Waals surface area contributed by atoms with E-state index in [0.29, 0.717) is 26.4 Å². The van der Waals surface area contributed by atoms with Crippen molar-refractivity contribution in [2.45, 2.75) is 64.7 Å². The summed E-state index contributed by atoms with van der Waals surface area (Å²) in [6.45, 7) is 8.06. The zero-order valence-corrected chi connectivity index (χ0v) is 52.5. The molecular weight excluding hydrogens is 1100 g/mol. The molecule has 0 fully saturated rings. The predicted molar refractivity (Wildman–Crippen MR) is 333 cm³/mol. The average molecular weight is 1180 g/mol. The Hall–Kier alpha value is -6.57. The summed E-state index contributed by atoms with van der Waals surface area (Å²) < 4.78 is 26.9. The lowest BCUT2D eigenvalue weighted by atomic mass is 10.0. The Morgan fingerprint density at radius 2 is 0.639 bits per heavy atom. The number of ether oxygens (including phenoxy) is 4. The van der Waals surface area contributed by atoms with Crippen LogP contribution in [0.25, 0.3) is 90.9 Å². The first-order valence-electron chi connectivity index (χ1n) is 29.2. The lowest BCUT2D eigenvalue weighted by Crippen LogP contribution is -3.05. The van der Waals surface area contributed by atoms with Crippen LogP contribution in [-0.4, -0.2) is 131 Å². The van der Waals surface area contributed by atoms with Crippen LogP contribution < -0.4 is 61.1 Å². The van der Waals surface area contributed by atoms with E-state index in [1.54, 1.807) is 0 Å². The molecule has 2 aliphatic rings. The fraction of sp³-hybridized carbons (Fsp3) is 0.362. The highest BCUT2D eigenvalue weighted by atomic mass is 35.5. The Bertz CT molecular complexity index is 3390. The molecule has 0 spiro atoms. The van der Waals surface area contributed by atoms with Crippen molar-refractivity contribution in [1.82, 2.24) is 19.9 Å². The van der Waals surface area contributed by atoms with E-state index >= 15 is 0 Å². The highest BCUT2D eigenvalue weighted by Gasteiger charge is 2.20. The van der Waals surface area contributed by atoms with E-state index in [-0.39, 0.29) is 37.2 Å². The Labute approximate surface area is 512 Å². The predicted octanol–water partition coefficient (Wildman–Crippen LogP) is 4.94. The lowest BCUT2D eigenvalue weighted by molar-refractivity contribution is -0.870. The van der Waals surface area contributed by atoms with Crippen LogP contribution in [-0.2, 0) is 0 Å². The van der Waals surface area contributed by atoms with E-state index in [1.807, 2.05) is 0 Å². The van der Waals surface area contributed by atoms with Gasteiger partial charge in [-0.2, -0.15) is 0 Å². The summed E-state index contributed by atoms with van der Waals surface area (Å²) in [6.07, 6.45) is 18.8. The molecule has 83 heavy (non-hydrogen) atoms. The molecule has 5 heterocycles. The molecule has 4 aromatic carbocycles. The van der Waals surface area contributed by atoms with E-state index in [9.17, 15) is 0 Å². The molecule has 7 aromatic rings. The van der Waals surface area contributed by atoms with E-state index < -0.39 is 0 Å². The van der Waals surface area contributed by atoms with E-state index in [2.05, 4.69) is 219 Å². The first kappa shape index (κ1) is 65.6. The second-order valence-electron chi connectivity index (χ2n) is 23.8. The second-order valence-corrected chi connectivity index (χ2v) is 23.8. The van der Waals surface area contributed by atoms with Gasteiger partial charge in [-0.3, -0.25) is 0 Å². The molecule has 0 aliphatic carbocycles. The number of fused-ring (bicyclic) bond motifs is 8. The van der Waals surface area contributed by atoms with Gasteiger partial charge in [-0.05, 0) is 126 Å². The molecule has 0 amide bonds. The summed E-state index contributed by atoms with van der Waals surface area (Å²) in [4.78, 5) is 20.4. The van der Waals surface area contributed by atoms with Crippen LogP contribution in [0.4, 0.5) is 0 Å². The van der Waals surface area contributed by atoms with Gasteiger partial charge in [0.15, 0.2) is 0 Å². The minimum atomic E-state index is 0. The van der Waals surface area contributed by atoms with Crippen LogP contribution in [0.15, 0.2) is 121 Å². The minimum absolute atomic E-state index is 0. The fourth-order valence-electron chi connectivity index (χ4n) is 10.4. The molecule has 442 valence electrons. The smallest absolute Gasteiger partial charge is 0.119 e. The standard InChI is InChI=1S/C69H85N7O4.3ClH/c1-10-11-12-13-14-15-46-77-54-27-19-50(20-28-54)66-58-35-37-60(70-58)67(51-21-29-55(30-22-51)78-47-16-43-74(2)3)61-38-40-63(72-61)69(53-25-33-57(34-26-53)80-49-18-45-76(7,8)9)65-42-41-64(73-65)68(62-39-36-59(66)71-62)52-23-31-56(32-24-52)79-48-17-44-75(4,5)6;;;/h19-42,70,73H,10-18,43-49H2,1-9H3;3*1H/q+2;;;/p-2. The largest absolute Gasteiger partial charge is 1.00 e. The third kappa shape index (κ3) is 18.2. The number of aromatic nitrogens is 4. The zero-order valence-electron chi connectivity index (χ0n) is 50.2. The maximum absolute atomic E-state index is 6.31. The quantitative estimate of drug-likeness (QED) is 0.0500. The Balaban J connectivity index is 0.00000369. The van der Waals surface area contributed by atoms with Gasteiger partial charge < -0.3 is 80.0 Å².